The Labute approximate surface area is 126 Å². The Bertz CT molecular complexity index is 739. The number of aryl methyl sites for hydroxylation is 1. The molecule has 21 heavy (non-hydrogen) atoms. The molecule has 0 aliphatic carbocycles. The third-order valence-electron chi connectivity index (χ3n) is 2.85. The van der Waals surface area contributed by atoms with Crippen molar-refractivity contribution in [2.45, 2.75) is 17.6 Å². The number of benzene rings is 1. The lowest BCUT2D eigenvalue weighted by Crippen LogP contribution is -1.88. The molecular weight excluding hydrogens is 284 g/mol. The van der Waals surface area contributed by atoms with E-state index in [0.29, 0.717) is 23.4 Å². The number of aromatic nitrogens is 3. The van der Waals surface area contributed by atoms with Gasteiger partial charge in [-0.05, 0) is 31.2 Å². The van der Waals surface area contributed by atoms with E-state index in [1.165, 1.54) is 0 Å². The lowest BCUT2D eigenvalue weighted by atomic mass is 10.1. The van der Waals surface area contributed by atoms with Crippen LogP contribution in [0.2, 0.25) is 0 Å². The van der Waals surface area contributed by atoms with Crippen LogP contribution in [0.15, 0.2) is 51.9 Å². The summed E-state index contributed by atoms with van der Waals surface area (Å²) in [7, 11) is 0. The Morgan fingerprint density at radius 1 is 1.19 bits per heavy atom. The molecule has 0 unspecified atom stereocenters. The van der Waals surface area contributed by atoms with Gasteiger partial charge in [0, 0.05) is 16.7 Å². The van der Waals surface area contributed by atoms with Crippen LogP contribution in [0.25, 0.3) is 11.5 Å². The van der Waals surface area contributed by atoms with Gasteiger partial charge in [-0.15, -0.1) is 22.0 Å². The molecule has 3 aromatic rings. The van der Waals surface area contributed by atoms with Crippen molar-refractivity contribution in [2.24, 2.45) is 0 Å². The van der Waals surface area contributed by atoms with Crippen molar-refractivity contribution in [3.63, 3.8) is 0 Å². The molecule has 0 radical (unpaired) electrons. The third kappa shape index (κ3) is 3.41. The van der Waals surface area contributed by atoms with E-state index in [4.69, 9.17) is 10.2 Å². The molecule has 106 valence electrons. The fraction of sp³-hybridized carbons (Fsp3) is 0.133. The average molecular weight is 298 g/mol. The Balaban J connectivity index is 1.69. The van der Waals surface area contributed by atoms with Gasteiger partial charge in [-0.2, -0.15) is 0 Å². The number of hydrogen-bond donors (Lipinski definition) is 1. The van der Waals surface area contributed by atoms with E-state index in [9.17, 15) is 0 Å². The highest BCUT2D eigenvalue weighted by molar-refractivity contribution is 7.98. The second-order valence-electron chi connectivity index (χ2n) is 4.58. The SMILES string of the molecule is Cc1cccc(-c2nnc(CSc3ccc(N)nc3)o2)c1. The number of hydrogen-bond acceptors (Lipinski definition) is 6. The Hall–Kier alpha value is -2.34. The topological polar surface area (TPSA) is 77.8 Å². The number of nitrogens with two attached hydrogens (primary N) is 1. The van der Waals surface area contributed by atoms with Crippen molar-refractivity contribution in [1.29, 1.82) is 0 Å². The van der Waals surface area contributed by atoms with Gasteiger partial charge in [-0.3, -0.25) is 0 Å². The van der Waals surface area contributed by atoms with E-state index < -0.39 is 0 Å². The third-order valence-corrected chi connectivity index (χ3v) is 3.82. The molecule has 2 heterocycles. The zero-order chi connectivity index (χ0) is 14.7. The molecule has 3 rings (SSSR count). The smallest absolute Gasteiger partial charge is 0.247 e. The molecule has 0 spiro atoms. The molecular formula is C15H14N4OS. The maximum atomic E-state index is 5.68. The van der Waals surface area contributed by atoms with Gasteiger partial charge >= 0.3 is 0 Å². The summed E-state index contributed by atoms with van der Waals surface area (Å²) >= 11 is 1.58. The second kappa shape index (κ2) is 5.97. The molecule has 5 nitrogen and oxygen atoms in total. The highest BCUT2D eigenvalue weighted by atomic mass is 32.2. The van der Waals surface area contributed by atoms with Crippen LogP contribution in [0.3, 0.4) is 0 Å². The van der Waals surface area contributed by atoms with Gasteiger partial charge in [0.25, 0.3) is 0 Å². The van der Waals surface area contributed by atoms with Crippen molar-refractivity contribution in [3.05, 3.63) is 54.0 Å². The van der Waals surface area contributed by atoms with E-state index >= 15 is 0 Å². The lowest BCUT2D eigenvalue weighted by molar-refractivity contribution is 0.528. The number of pyridine rings is 1. The lowest BCUT2D eigenvalue weighted by Gasteiger charge is -1.98. The normalized spacial score (nSPS) is 10.7. The summed E-state index contributed by atoms with van der Waals surface area (Å²) in [6, 6.07) is 11.7. The minimum absolute atomic E-state index is 0.513. The number of rotatable bonds is 4. The minimum Gasteiger partial charge on any atom is -0.420 e. The molecule has 0 saturated carbocycles. The van der Waals surface area contributed by atoms with E-state index in [-0.39, 0.29) is 0 Å². The summed E-state index contributed by atoms with van der Waals surface area (Å²) in [6.45, 7) is 2.03. The van der Waals surface area contributed by atoms with Crippen molar-refractivity contribution in [3.8, 4) is 11.5 Å². The fourth-order valence-electron chi connectivity index (χ4n) is 1.83. The first-order chi connectivity index (χ1) is 10.2. The standard InChI is InChI=1S/C15H14N4OS/c1-10-3-2-4-11(7-10)15-19-18-14(20-15)9-21-12-5-6-13(16)17-8-12/h2-8H,9H2,1H3,(H2,16,17). The summed E-state index contributed by atoms with van der Waals surface area (Å²) in [5, 5.41) is 8.16. The quantitative estimate of drug-likeness (QED) is 0.744. The van der Waals surface area contributed by atoms with Crippen molar-refractivity contribution in [2.75, 3.05) is 5.73 Å². The molecule has 0 saturated heterocycles. The number of thioether (sulfide) groups is 1. The Kier molecular flexibility index (Phi) is 3.87. The molecule has 0 amide bonds. The molecule has 0 aliphatic rings. The van der Waals surface area contributed by atoms with Crippen LogP contribution >= 0.6 is 11.8 Å². The molecule has 2 N–H and O–H groups in total. The van der Waals surface area contributed by atoms with Crippen LogP contribution < -0.4 is 5.73 Å². The van der Waals surface area contributed by atoms with E-state index in [1.807, 2.05) is 37.3 Å². The summed E-state index contributed by atoms with van der Waals surface area (Å²) in [5.74, 6) is 2.25. The number of nitrogens with zero attached hydrogens (tertiary/aromatic N) is 3. The molecule has 0 fully saturated rings. The molecule has 1 aromatic carbocycles. The van der Waals surface area contributed by atoms with Crippen molar-refractivity contribution < 1.29 is 4.42 Å². The van der Waals surface area contributed by atoms with Gasteiger partial charge in [-0.25, -0.2) is 4.98 Å². The Morgan fingerprint density at radius 2 is 2.10 bits per heavy atom. The van der Waals surface area contributed by atoms with Gasteiger partial charge in [0.15, 0.2) is 0 Å². The van der Waals surface area contributed by atoms with Gasteiger partial charge in [0.2, 0.25) is 11.8 Å². The number of anilines is 1. The van der Waals surface area contributed by atoms with Crippen molar-refractivity contribution >= 4 is 17.6 Å². The first kappa shape index (κ1) is 13.6. The monoisotopic (exact) mass is 298 g/mol. The highest BCUT2D eigenvalue weighted by Gasteiger charge is 2.09. The zero-order valence-corrected chi connectivity index (χ0v) is 12.3. The van der Waals surface area contributed by atoms with Crippen LogP contribution in [-0.4, -0.2) is 15.2 Å². The van der Waals surface area contributed by atoms with Crippen LogP contribution in [0, 0.1) is 6.92 Å². The predicted octanol–water partition coefficient (Wildman–Crippen LogP) is 3.31. The van der Waals surface area contributed by atoms with E-state index in [0.717, 1.165) is 16.0 Å². The van der Waals surface area contributed by atoms with Gasteiger partial charge in [-0.1, -0.05) is 17.7 Å². The average Bonchev–Trinajstić information content (AvgIpc) is 2.96. The summed E-state index contributed by atoms with van der Waals surface area (Å²) in [6.07, 6.45) is 1.73. The largest absolute Gasteiger partial charge is 0.420 e. The maximum absolute atomic E-state index is 5.68. The first-order valence-corrected chi connectivity index (χ1v) is 7.43. The second-order valence-corrected chi connectivity index (χ2v) is 5.63. The highest BCUT2D eigenvalue weighted by Crippen LogP contribution is 2.24. The maximum Gasteiger partial charge on any atom is 0.247 e. The number of nitrogen functional groups attached to an aromatic ring is 1. The van der Waals surface area contributed by atoms with Crippen molar-refractivity contribution in [1.82, 2.24) is 15.2 Å². The molecule has 0 bridgehead atoms. The Morgan fingerprint density at radius 3 is 2.86 bits per heavy atom. The predicted molar refractivity (Wildman–Crippen MR) is 82.7 cm³/mol. The van der Waals surface area contributed by atoms with Crippen LogP contribution in [0.1, 0.15) is 11.5 Å². The van der Waals surface area contributed by atoms with Crippen LogP contribution in [-0.2, 0) is 5.75 Å². The van der Waals surface area contributed by atoms with Gasteiger partial charge in [0.05, 0.1) is 5.75 Å². The first-order valence-electron chi connectivity index (χ1n) is 6.44. The summed E-state index contributed by atoms with van der Waals surface area (Å²) < 4.78 is 5.68. The molecule has 2 aromatic heterocycles. The fourth-order valence-corrected chi connectivity index (χ4v) is 2.53. The van der Waals surface area contributed by atoms with Gasteiger partial charge in [0.1, 0.15) is 5.82 Å². The molecule has 0 atom stereocenters. The molecule has 0 aliphatic heterocycles. The van der Waals surface area contributed by atoms with E-state index in [1.54, 1.807) is 24.0 Å². The van der Waals surface area contributed by atoms with Crippen LogP contribution in [0.5, 0.6) is 0 Å². The van der Waals surface area contributed by atoms with Crippen LogP contribution in [0.4, 0.5) is 5.82 Å². The van der Waals surface area contributed by atoms with Gasteiger partial charge < -0.3 is 10.2 Å². The minimum atomic E-state index is 0.513. The summed E-state index contributed by atoms with van der Waals surface area (Å²) in [4.78, 5) is 5.06. The summed E-state index contributed by atoms with van der Waals surface area (Å²) in [5.41, 5.74) is 7.65. The van der Waals surface area contributed by atoms with E-state index in [2.05, 4.69) is 15.2 Å². The zero-order valence-electron chi connectivity index (χ0n) is 11.5. The molecule has 6 heteroatoms.